The molecule has 0 spiro atoms. The minimum atomic E-state index is -3.82. The number of carbonyl (C=O) groups is 1. The zero-order valence-electron chi connectivity index (χ0n) is 14.8. The summed E-state index contributed by atoms with van der Waals surface area (Å²) in [4.78, 5) is 12.5. The Balaban J connectivity index is 1.99. The molecule has 0 saturated heterocycles. The van der Waals surface area contributed by atoms with Crippen LogP contribution in [-0.2, 0) is 27.8 Å². The molecule has 1 atom stereocenters. The van der Waals surface area contributed by atoms with Crippen molar-refractivity contribution in [3.8, 4) is 5.75 Å². The lowest BCUT2D eigenvalue weighted by Crippen LogP contribution is -2.51. The predicted molar refractivity (Wildman–Crippen MR) is 98.3 cm³/mol. The van der Waals surface area contributed by atoms with Gasteiger partial charge >= 0.3 is 0 Å². The number of carbonyl (C=O) groups excluding carboxylic acids is 1. The lowest BCUT2D eigenvalue weighted by molar-refractivity contribution is -0.124. The van der Waals surface area contributed by atoms with Crippen LogP contribution in [0.4, 0.5) is 0 Å². The molecule has 1 aliphatic heterocycles. The number of rotatable bonds is 5. The molecule has 1 amide bonds. The fraction of sp³-hybridized carbons (Fsp3) is 0.316. The number of amides is 1. The summed E-state index contributed by atoms with van der Waals surface area (Å²) in [6.07, 6.45) is 0.353. The molecule has 1 aliphatic rings. The van der Waals surface area contributed by atoms with Gasteiger partial charge in [0, 0.05) is 13.6 Å². The minimum Gasteiger partial charge on any atom is -0.494 e. The van der Waals surface area contributed by atoms with Gasteiger partial charge in [-0.05, 0) is 48.7 Å². The molecule has 7 heteroatoms. The van der Waals surface area contributed by atoms with Gasteiger partial charge in [0.15, 0.2) is 0 Å². The SMILES string of the molecule is CCOc1ccc(S(=O)(=O)N2Cc3ccccc3CC2C(=O)NC)cc1. The van der Waals surface area contributed by atoms with E-state index in [1.54, 1.807) is 12.1 Å². The number of nitrogens with one attached hydrogen (secondary N) is 1. The van der Waals surface area contributed by atoms with E-state index < -0.39 is 16.1 Å². The zero-order valence-corrected chi connectivity index (χ0v) is 15.6. The molecule has 0 saturated carbocycles. The second-order valence-electron chi connectivity index (χ2n) is 6.06. The highest BCUT2D eigenvalue weighted by Crippen LogP contribution is 2.29. The molecular formula is C19H22N2O4S. The van der Waals surface area contributed by atoms with Crippen LogP contribution in [0.3, 0.4) is 0 Å². The molecule has 0 bridgehead atoms. The van der Waals surface area contributed by atoms with Gasteiger partial charge in [-0.25, -0.2) is 8.42 Å². The molecule has 0 radical (unpaired) electrons. The smallest absolute Gasteiger partial charge is 0.244 e. The minimum absolute atomic E-state index is 0.147. The van der Waals surface area contributed by atoms with Gasteiger partial charge in [-0.15, -0.1) is 0 Å². The number of likely N-dealkylation sites (N-methyl/N-ethyl adjacent to an activating group) is 1. The molecule has 26 heavy (non-hydrogen) atoms. The molecule has 6 nitrogen and oxygen atoms in total. The average Bonchev–Trinajstić information content (AvgIpc) is 2.67. The summed E-state index contributed by atoms with van der Waals surface area (Å²) in [6.45, 7) is 2.54. The molecule has 1 N–H and O–H groups in total. The molecular weight excluding hydrogens is 352 g/mol. The number of benzene rings is 2. The summed E-state index contributed by atoms with van der Waals surface area (Å²) >= 11 is 0. The van der Waals surface area contributed by atoms with Gasteiger partial charge in [0.25, 0.3) is 0 Å². The van der Waals surface area contributed by atoms with Crippen molar-refractivity contribution in [2.24, 2.45) is 0 Å². The van der Waals surface area contributed by atoms with E-state index >= 15 is 0 Å². The van der Waals surface area contributed by atoms with E-state index in [1.807, 2.05) is 31.2 Å². The first kappa shape index (κ1) is 18.4. The third-order valence-corrected chi connectivity index (χ3v) is 6.36. The maximum Gasteiger partial charge on any atom is 0.244 e. The van der Waals surface area contributed by atoms with E-state index in [2.05, 4.69) is 5.32 Å². The second kappa shape index (κ2) is 7.47. The second-order valence-corrected chi connectivity index (χ2v) is 7.95. The van der Waals surface area contributed by atoms with Crippen LogP contribution in [0.2, 0.25) is 0 Å². The Hall–Kier alpha value is -2.38. The molecule has 0 fully saturated rings. The van der Waals surface area contributed by atoms with Crippen molar-refractivity contribution in [2.45, 2.75) is 30.8 Å². The Bertz CT molecular complexity index is 894. The Kier molecular flexibility index (Phi) is 5.29. The van der Waals surface area contributed by atoms with E-state index in [0.29, 0.717) is 18.8 Å². The van der Waals surface area contributed by atoms with Gasteiger partial charge < -0.3 is 10.1 Å². The summed E-state index contributed by atoms with van der Waals surface area (Å²) in [5, 5.41) is 2.58. The predicted octanol–water partition coefficient (Wildman–Crippen LogP) is 1.95. The first-order chi connectivity index (χ1) is 12.5. The maximum atomic E-state index is 13.2. The summed E-state index contributed by atoms with van der Waals surface area (Å²) in [6, 6.07) is 13.1. The van der Waals surface area contributed by atoms with E-state index in [0.717, 1.165) is 11.1 Å². The summed E-state index contributed by atoms with van der Waals surface area (Å²) in [5.41, 5.74) is 1.92. The topological polar surface area (TPSA) is 75.7 Å². The standard InChI is InChI=1S/C19H22N2O4S/c1-3-25-16-8-10-17(11-9-16)26(23,24)21-13-15-7-5-4-6-14(15)12-18(21)19(22)20-2/h4-11,18H,3,12-13H2,1-2H3,(H,20,22). The number of hydrogen-bond acceptors (Lipinski definition) is 4. The van der Waals surface area contributed by atoms with Gasteiger partial charge in [0.1, 0.15) is 11.8 Å². The van der Waals surface area contributed by atoms with E-state index in [-0.39, 0.29) is 17.3 Å². The first-order valence-electron chi connectivity index (χ1n) is 8.50. The largest absolute Gasteiger partial charge is 0.494 e. The summed E-state index contributed by atoms with van der Waals surface area (Å²) < 4.78 is 33.1. The van der Waals surface area contributed by atoms with Gasteiger partial charge in [-0.2, -0.15) is 4.31 Å². The summed E-state index contributed by atoms with van der Waals surface area (Å²) in [5.74, 6) is 0.298. The van der Waals surface area contributed by atoms with Crippen molar-refractivity contribution >= 4 is 15.9 Å². The van der Waals surface area contributed by atoms with Crippen LogP contribution in [0.1, 0.15) is 18.1 Å². The van der Waals surface area contributed by atoms with Crippen LogP contribution in [0, 0.1) is 0 Å². The van der Waals surface area contributed by atoms with Crippen molar-refractivity contribution in [1.82, 2.24) is 9.62 Å². The first-order valence-corrected chi connectivity index (χ1v) is 9.94. The Morgan fingerprint density at radius 3 is 2.42 bits per heavy atom. The van der Waals surface area contributed by atoms with Gasteiger partial charge in [-0.1, -0.05) is 24.3 Å². The van der Waals surface area contributed by atoms with E-state index in [1.165, 1.54) is 23.5 Å². The fourth-order valence-corrected chi connectivity index (χ4v) is 4.72. The molecule has 2 aromatic rings. The van der Waals surface area contributed by atoms with Crippen molar-refractivity contribution in [3.63, 3.8) is 0 Å². The Labute approximate surface area is 153 Å². The van der Waals surface area contributed by atoms with E-state index in [9.17, 15) is 13.2 Å². The normalized spacial score (nSPS) is 17.4. The van der Waals surface area contributed by atoms with Crippen LogP contribution in [0.25, 0.3) is 0 Å². The Morgan fingerprint density at radius 1 is 1.15 bits per heavy atom. The van der Waals surface area contributed by atoms with Crippen molar-refractivity contribution in [1.29, 1.82) is 0 Å². The van der Waals surface area contributed by atoms with Crippen LogP contribution in [0.15, 0.2) is 53.4 Å². The van der Waals surface area contributed by atoms with Crippen molar-refractivity contribution in [2.75, 3.05) is 13.7 Å². The van der Waals surface area contributed by atoms with Crippen LogP contribution >= 0.6 is 0 Å². The molecule has 1 heterocycles. The molecule has 0 aliphatic carbocycles. The fourth-order valence-electron chi connectivity index (χ4n) is 3.15. The number of ether oxygens (including phenoxy) is 1. The van der Waals surface area contributed by atoms with Gasteiger partial charge in [0.2, 0.25) is 15.9 Å². The highest BCUT2D eigenvalue weighted by atomic mass is 32.2. The van der Waals surface area contributed by atoms with Gasteiger partial charge in [0.05, 0.1) is 11.5 Å². The number of hydrogen-bond donors (Lipinski definition) is 1. The number of nitrogens with zero attached hydrogens (tertiary/aromatic N) is 1. The van der Waals surface area contributed by atoms with E-state index in [4.69, 9.17) is 4.74 Å². The molecule has 2 aromatic carbocycles. The quantitative estimate of drug-likeness (QED) is 0.868. The number of fused-ring (bicyclic) bond motifs is 1. The van der Waals surface area contributed by atoms with Gasteiger partial charge in [-0.3, -0.25) is 4.79 Å². The lowest BCUT2D eigenvalue weighted by Gasteiger charge is -2.34. The molecule has 3 rings (SSSR count). The zero-order chi connectivity index (χ0) is 18.7. The average molecular weight is 374 g/mol. The van der Waals surface area contributed by atoms with Crippen molar-refractivity contribution < 1.29 is 17.9 Å². The maximum absolute atomic E-state index is 13.2. The molecule has 0 aromatic heterocycles. The van der Waals surface area contributed by atoms with Crippen LogP contribution in [-0.4, -0.2) is 38.3 Å². The molecule has 1 unspecified atom stereocenters. The third kappa shape index (κ3) is 3.45. The third-order valence-electron chi connectivity index (χ3n) is 4.50. The highest BCUT2D eigenvalue weighted by molar-refractivity contribution is 7.89. The highest BCUT2D eigenvalue weighted by Gasteiger charge is 2.39. The van der Waals surface area contributed by atoms with Crippen LogP contribution in [0.5, 0.6) is 5.75 Å². The van der Waals surface area contributed by atoms with Crippen LogP contribution < -0.4 is 10.1 Å². The molecule has 138 valence electrons. The van der Waals surface area contributed by atoms with Crippen molar-refractivity contribution in [3.05, 3.63) is 59.7 Å². The number of sulfonamides is 1. The lowest BCUT2D eigenvalue weighted by atomic mass is 9.95. The summed E-state index contributed by atoms with van der Waals surface area (Å²) in [7, 11) is -2.31. The Morgan fingerprint density at radius 2 is 1.81 bits per heavy atom. The monoisotopic (exact) mass is 374 g/mol.